The maximum atomic E-state index is 12.9. The molecule has 1 amide bonds. The van der Waals surface area contributed by atoms with Crippen molar-refractivity contribution >= 4 is 11.7 Å². The van der Waals surface area contributed by atoms with Gasteiger partial charge in [0.15, 0.2) is 5.78 Å². The number of piperidine rings is 2. The zero-order valence-electron chi connectivity index (χ0n) is 16.2. The monoisotopic (exact) mass is 396 g/mol. The summed E-state index contributed by atoms with van der Waals surface area (Å²) in [5.41, 5.74) is 1.82. The van der Waals surface area contributed by atoms with E-state index >= 15 is 0 Å². The predicted octanol–water partition coefficient (Wildman–Crippen LogP) is 3.69. The fourth-order valence-corrected chi connectivity index (χ4v) is 4.07. The Morgan fingerprint density at radius 1 is 1.04 bits per heavy atom. The number of rotatable bonds is 4. The topological polar surface area (TPSA) is 40.6 Å². The molecular weight excluding hydrogens is 369 g/mol. The molecule has 2 fully saturated rings. The van der Waals surface area contributed by atoms with Gasteiger partial charge in [0, 0.05) is 24.6 Å². The summed E-state index contributed by atoms with van der Waals surface area (Å²) in [6.07, 6.45) is -2.41. The van der Waals surface area contributed by atoms with Crippen LogP contribution in [0.15, 0.2) is 24.3 Å². The lowest BCUT2D eigenvalue weighted by molar-refractivity contribution is -0.188. The van der Waals surface area contributed by atoms with Crippen molar-refractivity contribution in [3.63, 3.8) is 0 Å². The summed E-state index contributed by atoms with van der Waals surface area (Å²) in [7, 11) is 0. The number of carbonyl (C=O) groups is 2. The molecule has 1 unspecified atom stereocenters. The highest BCUT2D eigenvalue weighted by Crippen LogP contribution is 2.33. The second-order valence-corrected chi connectivity index (χ2v) is 8.00. The highest BCUT2D eigenvalue weighted by atomic mass is 19.4. The molecule has 0 saturated carbocycles. The molecule has 7 heteroatoms. The van der Waals surface area contributed by atoms with E-state index in [1.54, 1.807) is 0 Å². The van der Waals surface area contributed by atoms with Crippen molar-refractivity contribution in [3.8, 4) is 0 Å². The molecular formula is C21H27F3N2O2. The first-order chi connectivity index (χ1) is 13.2. The quantitative estimate of drug-likeness (QED) is 0.729. The van der Waals surface area contributed by atoms with Crippen molar-refractivity contribution in [2.45, 2.75) is 38.8 Å². The molecule has 1 aromatic rings. The van der Waals surface area contributed by atoms with Gasteiger partial charge in [-0.25, -0.2) is 0 Å². The number of hydrogen-bond donors (Lipinski definition) is 0. The predicted molar refractivity (Wildman–Crippen MR) is 100 cm³/mol. The SMILES string of the molecule is Cc1ccc(C(=O)C2CCN(CC(=O)N3CCCC(C(F)(F)F)C3)CC2)cc1. The Morgan fingerprint density at radius 3 is 2.29 bits per heavy atom. The molecule has 1 atom stereocenters. The van der Waals surface area contributed by atoms with Gasteiger partial charge in [-0.3, -0.25) is 14.5 Å². The number of ketones is 1. The van der Waals surface area contributed by atoms with Gasteiger partial charge in [-0.05, 0) is 45.7 Å². The Balaban J connectivity index is 1.48. The minimum absolute atomic E-state index is 0.0568. The van der Waals surface area contributed by atoms with E-state index in [-0.39, 0.29) is 37.1 Å². The van der Waals surface area contributed by atoms with Gasteiger partial charge in [-0.1, -0.05) is 29.8 Å². The van der Waals surface area contributed by atoms with Crippen molar-refractivity contribution in [2.75, 3.05) is 32.7 Å². The summed E-state index contributed by atoms with van der Waals surface area (Å²) >= 11 is 0. The molecule has 0 N–H and O–H groups in total. The number of carbonyl (C=O) groups excluding carboxylic acids is 2. The fraction of sp³-hybridized carbons (Fsp3) is 0.619. The molecule has 2 aliphatic rings. The first-order valence-corrected chi connectivity index (χ1v) is 9.92. The molecule has 0 spiro atoms. The second-order valence-electron chi connectivity index (χ2n) is 8.00. The van der Waals surface area contributed by atoms with Gasteiger partial charge in [-0.2, -0.15) is 13.2 Å². The Morgan fingerprint density at radius 2 is 1.68 bits per heavy atom. The highest BCUT2D eigenvalue weighted by molar-refractivity contribution is 5.97. The number of alkyl halides is 3. The molecule has 0 aromatic heterocycles. The van der Waals surface area contributed by atoms with E-state index in [0.717, 1.165) is 5.56 Å². The standard InChI is InChI=1S/C21H27F3N2O2/c1-15-4-6-16(7-5-15)20(28)17-8-11-25(12-9-17)14-19(27)26-10-2-3-18(13-26)21(22,23)24/h4-7,17-18H,2-3,8-14H2,1H3. The average Bonchev–Trinajstić information content (AvgIpc) is 2.68. The van der Waals surface area contributed by atoms with Crippen molar-refractivity contribution in [3.05, 3.63) is 35.4 Å². The molecule has 0 radical (unpaired) electrons. The van der Waals surface area contributed by atoms with Crippen LogP contribution in [-0.2, 0) is 4.79 Å². The zero-order chi connectivity index (χ0) is 20.3. The van der Waals surface area contributed by atoms with E-state index < -0.39 is 12.1 Å². The van der Waals surface area contributed by atoms with Crippen LogP contribution in [0.3, 0.4) is 0 Å². The van der Waals surface area contributed by atoms with Crippen LogP contribution in [0, 0.1) is 18.8 Å². The lowest BCUT2D eigenvalue weighted by atomic mass is 9.88. The Kier molecular flexibility index (Phi) is 6.43. The first-order valence-electron chi connectivity index (χ1n) is 9.92. The van der Waals surface area contributed by atoms with Gasteiger partial charge in [0.25, 0.3) is 0 Å². The molecule has 2 saturated heterocycles. The number of nitrogens with zero attached hydrogens (tertiary/aromatic N) is 2. The summed E-state index contributed by atoms with van der Waals surface area (Å²) < 4.78 is 38.8. The number of benzene rings is 1. The van der Waals surface area contributed by atoms with Crippen LogP contribution in [0.25, 0.3) is 0 Å². The fourth-order valence-electron chi connectivity index (χ4n) is 4.07. The van der Waals surface area contributed by atoms with E-state index in [2.05, 4.69) is 0 Å². The molecule has 0 aliphatic carbocycles. The number of Topliss-reactive ketones (excluding diaryl/α,β-unsaturated/α-hetero) is 1. The third-order valence-corrected chi connectivity index (χ3v) is 5.89. The van der Waals surface area contributed by atoms with E-state index in [4.69, 9.17) is 0 Å². The third kappa shape index (κ3) is 5.13. The highest BCUT2D eigenvalue weighted by Gasteiger charge is 2.42. The van der Waals surface area contributed by atoms with Crippen LogP contribution in [0.5, 0.6) is 0 Å². The first kappa shape index (κ1) is 20.8. The molecule has 2 aliphatic heterocycles. The van der Waals surface area contributed by atoms with Crippen molar-refractivity contribution < 1.29 is 22.8 Å². The summed E-state index contributed by atoms with van der Waals surface area (Å²) in [4.78, 5) is 28.4. The van der Waals surface area contributed by atoms with Gasteiger partial charge >= 0.3 is 6.18 Å². The minimum Gasteiger partial charge on any atom is -0.341 e. The number of amides is 1. The molecule has 4 nitrogen and oxygen atoms in total. The van der Waals surface area contributed by atoms with Gasteiger partial charge in [-0.15, -0.1) is 0 Å². The van der Waals surface area contributed by atoms with Crippen LogP contribution in [0.1, 0.15) is 41.6 Å². The molecule has 154 valence electrons. The van der Waals surface area contributed by atoms with Crippen molar-refractivity contribution in [1.29, 1.82) is 0 Å². The molecule has 28 heavy (non-hydrogen) atoms. The largest absolute Gasteiger partial charge is 0.393 e. The van der Waals surface area contributed by atoms with Gasteiger partial charge in [0.2, 0.25) is 5.91 Å². The van der Waals surface area contributed by atoms with E-state index in [1.165, 1.54) is 4.90 Å². The zero-order valence-corrected chi connectivity index (χ0v) is 16.2. The van der Waals surface area contributed by atoms with Crippen LogP contribution in [0.4, 0.5) is 13.2 Å². The molecule has 2 heterocycles. The minimum atomic E-state index is -4.24. The maximum absolute atomic E-state index is 12.9. The summed E-state index contributed by atoms with van der Waals surface area (Å²) in [6.45, 7) is 3.51. The van der Waals surface area contributed by atoms with Gasteiger partial charge in [0.1, 0.15) is 0 Å². The second kappa shape index (κ2) is 8.64. The number of aryl methyl sites for hydroxylation is 1. The van der Waals surface area contributed by atoms with Crippen LogP contribution in [0.2, 0.25) is 0 Å². The van der Waals surface area contributed by atoms with Crippen molar-refractivity contribution in [1.82, 2.24) is 9.80 Å². The van der Waals surface area contributed by atoms with Gasteiger partial charge < -0.3 is 4.90 Å². The lowest BCUT2D eigenvalue weighted by Crippen LogP contribution is -2.49. The third-order valence-electron chi connectivity index (χ3n) is 5.89. The molecule has 0 bridgehead atoms. The van der Waals surface area contributed by atoms with Crippen LogP contribution < -0.4 is 0 Å². The smallest absolute Gasteiger partial charge is 0.341 e. The van der Waals surface area contributed by atoms with Crippen molar-refractivity contribution in [2.24, 2.45) is 11.8 Å². The summed E-state index contributed by atoms with van der Waals surface area (Å²) in [5.74, 6) is -1.57. The Hall–Kier alpha value is -1.89. The Bertz CT molecular complexity index is 695. The van der Waals surface area contributed by atoms with E-state index in [1.807, 2.05) is 36.1 Å². The van der Waals surface area contributed by atoms with E-state index in [0.29, 0.717) is 44.5 Å². The molecule has 3 rings (SSSR count). The summed E-state index contributed by atoms with van der Waals surface area (Å²) in [6, 6.07) is 7.55. The average molecular weight is 396 g/mol. The van der Waals surface area contributed by atoms with E-state index in [9.17, 15) is 22.8 Å². The number of likely N-dealkylation sites (tertiary alicyclic amines) is 2. The maximum Gasteiger partial charge on any atom is 0.393 e. The lowest BCUT2D eigenvalue weighted by Gasteiger charge is -2.36. The van der Waals surface area contributed by atoms with Gasteiger partial charge in [0.05, 0.1) is 12.5 Å². The Labute approximate surface area is 163 Å². The van der Waals surface area contributed by atoms with Crippen LogP contribution in [-0.4, -0.2) is 60.4 Å². The number of halogens is 3. The summed E-state index contributed by atoms with van der Waals surface area (Å²) in [5, 5.41) is 0. The molecule has 1 aromatic carbocycles. The normalized spacial score (nSPS) is 22.3. The van der Waals surface area contributed by atoms with Crippen LogP contribution >= 0.6 is 0 Å². The number of hydrogen-bond acceptors (Lipinski definition) is 3.